The van der Waals surface area contributed by atoms with E-state index in [1.165, 1.54) is 11.8 Å². The van der Waals surface area contributed by atoms with Gasteiger partial charge in [-0.15, -0.1) is 0 Å². The van der Waals surface area contributed by atoms with Crippen LogP contribution in [0, 0.1) is 0 Å². The van der Waals surface area contributed by atoms with Crippen molar-refractivity contribution in [1.29, 1.82) is 0 Å². The van der Waals surface area contributed by atoms with Crippen molar-refractivity contribution in [3.8, 4) is 5.75 Å². The van der Waals surface area contributed by atoms with Crippen LogP contribution in [-0.2, 0) is 9.59 Å². The molecule has 1 N–H and O–H groups in total. The summed E-state index contributed by atoms with van der Waals surface area (Å²) in [5.74, 6) is -0.693. The molecule has 1 saturated heterocycles. The van der Waals surface area contributed by atoms with Crippen LogP contribution >= 0.6 is 24.0 Å². The second-order valence-electron chi connectivity index (χ2n) is 6.97. The molecule has 1 unspecified atom stereocenters. The molecule has 1 fully saturated rings. The van der Waals surface area contributed by atoms with Crippen LogP contribution in [-0.4, -0.2) is 27.4 Å². The van der Waals surface area contributed by atoms with Crippen LogP contribution in [0.3, 0.4) is 0 Å². The monoisotopic (exact) mass is 449 g/mol. The third-order valence-electron chi connectivity index (χ3n) is 4.89. The Kier molecular flexibility index (Phi) is 6.06. The van der Waals surface area contributed by atoms with E-state index in [1.807, 2.05) is 42.5 Å². The summed E-state index contributed by atoms with van der Waals surface area (Å²) in [6.45, 7) is 1.75. The minimum atomic E-state index is -0.996. The summed E-state index contributed by atoms with van der Waals surface area (Å²) in [5, 5.41) is 11.3. The van der Waals surface area contributed by atoms with E-state index in [0.717, 1.165) is 22.0 Å². The molecule has 3 aromatic rings. The molecule has 1 aliphatic rings. The Morgan fingerprint density at radius 2 is 1.84 bits per heavy atom. The van der Waals surface area contributed by atoms with Crippen LogP contribution in [0.5, 0.6) is 5.75 Å². The fraction of sp³-hybridized carbons (Fsp3) is 0.125. The number of thioether (sulfide) groups is 1. The standard InChI is InChI=1S/C24H19NO4S2/c1-2-20(23(27)28)29-19-11-7-15(8-12-19)13-21-22(26)25(24(30)31-21)18-10-9-16-5-3-4-6-17(16)14-18/h3-14,20H,2H2,1H3,(H,27,28)/b21-13+. The molecule has 4 rings (SSSR count). The van der Waals surface area contributed by atoms with Crippen molar-refractivity contribution >= 4 is 62.7 Å². The van der Waals surface area contributed by atoms with Gasteiger partial charge >= 0.3 is 5.97 Å². The number of thiocarbonyl (C=S) groups is 1. The van der Waals surface area contributed by atoms with E-state index in [-0.39, 0.29) is 5.91 Å². The number of fused-ring (bicyclic) bond motifs is 1. The first-order valence-electron chi connectivity index (χ1n) is 9.72. The quantitative estimate of drug-likeness (QED) is 0.397. The first kappa shape index (κ1) is 21.1. The molecule has 5 nitrogen and oxygen atoms in total. The molecule has 7 heteroatoms. The molecular weight excluding hydrogens is 430 g/mol. The number of ether oxygens (including phenoxy) is 1. The molecule has 0 saturated carbocycles. The van der Waals surface area contributed by atoms with Gasteiger partial charge in [0.2, 0.25) is 0 Å². The number of carbonyl (C=O) groups is 2. The number of nitrogens with zero attached hydrogens (tertiary/aromatic N) is 1. The SMILES string of the molecule is CCC(Oc1ccc(/C=C2/SC(=S)N(c3ccc4ccccc4c3)C2=O)cc1)C(=O)O. The molecule has 1 aliphatic heterocycles. The van der Waals surface area contributed by atoms with Crippen molar-refractivity contribution < 1.29 is 19.4 Å². The lowest BCUT2D eigenvalue weighted by Gasteiger charge is -2.15. The van der Waals surface area contributed by atoms with Gasteiger partial charge in [-0.1, -0.05) is 73.4 Å². The number of amides is 1. The van der Waals surface area contributed by atoms with Gasteiger partial charge in [0.15, 0.2) is 10.4 Å². The van der Waals surface area contributed by atoms with Crippen molar-refractivity contribution in [1.82, 2.24) is 0 Å². The largest absolute Gasteiger partial charge is 0.479 e. The molecule has 1 heterocycles. The Labute approximate surface area is 189 Å². The van der Waals surface area contributed by atoms with Gasteiger partial charge in [0.05, 0.1) is 10.6 Å². The van der Waals surface area contributed by atoms with Crippen LogP contribution < -0.4 is 9.64 Å². The van der Waals surface area contributed by atoms with Crippen molar-refractivity contribution in [2.24, 2.45) is 0 Å². The van der Waals surface area contributed by atoms with E-state index in [2.05, 4.69) is 0 Å². The maximum absolute atomic E-state index is 13.0. The highest BCUT2D eigenvalue weighted by atomic mass is 32.2. The minimum Gasteiger partial charge on any atom is -0.479 e. The van der Waals surface area contributed by atoms with Gasteiger partial charge in [0.25, 0.3) is 5.91 Å². The number of benzene rings is 3. The molecule has 0 radical (unpaired) electrons. The zero-order valence-electron chi connectivity index (χ0n) is 16.6. The zero-order valence-corrected chi connectivity index (χ0v) is 18.3. The van der Waals surface area contributed by atoms with Crippen molar-refractivity contribution in [2.75, 3.05) is 4.90 Å². The van der Waals surface area contributed by atoms with E-state index in [4.69, 9.17) is 22.1 Å². The number of aliphatic carboxylic acids is 1. The number of carbonyl (C=O) groups excluding carboxylic acids is 1. The van der Waals surface area contributed by atoms with Crippen LogP contribution in [0.2, 0.25) is 0 Å². The van der Waals surface area contributed by atoms with Gasteiger partial charge < -0.3 is 9.84 Å². The van der Waals surface area contributed by atoms with Crippen LogP contribution in [0.15, 0.2) is 71.6 Å². The first-order chi connectivity index (χ1) is 15.0. The molecule has 1 amide bonds. The normalized spacial score (nSPS) is 16.2. The fourth-order valence-electron chi connectivity index (χ4n) is 3.27. The minimum absolute atomic E-state index is 0.164. The number of rotatable bonds is 6. The lowest BCUT2D eigenvalue weighted by molar-refractivity contribution is -0.145. The van der Waals surface area contributed by atoms with E-state index >= 15 is 0 Å². The lowest BCUT2D eigenvalue weighted by Crippen LogP contribution is -2.27. The summed E-state index contributed by atoms with van der Waals surface area (Å²) < 4.78 is 5.96. The van der Waals surface area contributed by atoms with E-state index in [1.54, 1.807) is 42.2 Å². The predicted molar refractivity (Wildman–Crippen MR) is 128 cm³/mol. The highest BCUT2D eigenvalue weighted by Crippen LogP contribution is 2.37. The summed E-state index contributed by atoms with van der Waals surface area (Å²) in [6.07, 6.45) is 1.26. The third-order valence-corrected chi connectivity index (χ3v) is 6.19. The number of carboxylic acids is 1. The summed E-state index contributed by atoms with van der Waals surface area (Å²) >= 11 is 6.73. The van der Waals surface area contributed by atoms with Crippen LogP contribution in [0.25, 0.3) is 16.8 Å². The zero-order chi connectivity index (χ0) is 22.0. The molecule has 3 aromatic carbocycles. The first-order valence-corrected chi connectivity index (χ1v) is 10.9. The number of hydrogen-bond donors (Lipinski definition) is 1. The smallest absolute Gasteiger partial charge is 0.344 e. The van der Waals surface area contributed by atoms with Crippen molar-refractivity contribution in [2.45, 2.75) is 19.4 Å². The highest BCUT2D eigenvalue weighted by molar-refractivity contribution is 8.27. The summed E-state index contributed by atoms with van der Waals surface area (Å²) in [7, 11) is 0. The number of carboxylic acid groups (broad SMARTS) is 1. The predicted octanol–water partition coefficient (Wildman–Crippen LogP) is 5.49. The summed E-state index contributed by atoms with van der Waals surface area (Å²) in [6, 6.07) is 20.8. The Hall–Kier alpha value is -3.16. The molecule has 31 heavy (non-hydrogen) atoms. The van der Waals surface area contributed by atoms with Gasteiger partial charge in [-0.2, -0.15) is 0 Å². The molecule has 0 bridgehead atoms. The average Bonchev–Trinajstić information content (AvgIpc) is 3.05. The molecule has 0 aliphatic carbocycles. The maximum Gasteiger partial charge on any atom is 0.344 e. The molecule has 156 valence electrons. The molecule has 1 atom stereocenters. The van der Waals surface area contributed by atoms with Crippen LogP contribution in [0.1, 0.15) is 18.9 Å². The maximum atomic E-state index is 13.0. The molecule has 0 aromatic heterocycles. The summed E-state index contributed by atoms with van der Waals surface area (Å²) in [4.78, 5) is 26.3. The van der Waals surface area contributed by atoms with Gasteiger partial charge in [-0.05, 0) is 53.1 Å². The lowest BCUT2D eigenvalue weighted by atomic mass is 10.1. The third kappa shape index (κ3) is 4.47. The Morgan fingerprint density at radius 1 is 1.13 bits per heavy atom. The van der Waals surface area contributed by atoms with Gasteiger partial charge in [0.1, 0.15) is 5.75 Å². The van der Waals surface area contributed by atoms with Crippen molar-refractivity contribution in [3.63, 3.8) is 0 Å². The summed E-state index contributed by atoms with van der Waals surface area (Å²) in [5.41, 5.74) is 1.54. The van der Waals surface area contributed by atoms with Gasteiger partial charge in [-0.25, -0.2) is 4.79 Å². The number of anilines is 1. The topological polar surface area (TPSA) is 66.8 Å². The fourth-order valence-corrected chi connectivity index (χ4v) is 4.57. The van der Waals surface area contributed by atoms with E-state index in [0.29, 0.717) is 21.4 Å². The second-order valence-corrected chi connectivity index (χ2v) is 8.65. The van der Waals surface area contributed by atoms with E-state index < -0.39 is 12.1 Å². The van der Waals surface area contributed by atoms with Gasteiger partial charge in [0, 0.05) is 0 Å². The van der Waals surface area contributed by atoms with Gasteiger partial charge in [-0.3, -0.25) is 9.69 Å². The Balaban J connectivity index is 1.54. The average molecular weight is 450 g/mol. The molecular formula is C24H19NO4S2. The molecule has 0 spiro atoms. The van der Waals surface area contributed by atoms with Crippen molar-refractivity contribution in [3.05, 3.63) is 77.2 Å². The van der Waals surface area contributed by atoms with Crippen LogP contribution in [0.4, 0.5) is 5.69 Å². The Morgan fingerprint density at radius 3 is 2.52 bits per heavy atom. The Bertz CT molecular complexity index is 1200. The second kappa shape index (κ2) is 8.91. The highest BCUT2D eigenvalue weighted by Gasteiger charge is 2.33. The number of hydrogen-bond acceptors (Lipinski definition) is 5. The van der Waals surface area contributed by atoms with E-state index in [9.17, 15) is 9.59 Å².